The molecule has 3 nitrogen and oxygen atoms in total. The van der Waals surface area contributed by atoms with Gasteiger partial charge in [0, 0.05) is 19.1 Å². The van der Waals surface area contributed by atoms with Crippen molar-refractivity contribution in [2.24, 2.45) is 5.73 Å². The lowest BCUT2D eigenvalue weighted by molar-refractivity contribution is 0.285. The van der Waals surface area contributed by atoms with Gasteiger partial charge in [0.1, 0.15) is 0 Å². The van der Waals surface area contributed by atoms with Crippen LogP contribution in [0.5, 0.6) is 0 Å². The number of rotatable bonds is 6. The lowest BCUT2D eigenvalue weighted by Gasteiger charge is -2.19. The molecule has 4 N–H and O–H groups in total. The van der Waals surface area contributed by atoms with Gasteiger partial charge in [-0.15, -0.1) is 0 Å². The summed E-state index contributed by atoms with van der Waals surface area (Å²) in [5, 5.41) is 12.0. The van der Waals surface area contributed by atoms with Crippen LogP contribution in [0.25, 0.3) is 0 Å². The van der Waals surface area contributed by atoms with Crippen LogP contribution < -0.4 is 11.1 Å². The number of hydrogen-bond donors (Lipinski definition) is 3. The lowest BCUT2D eigenvalue weighted by Crippen LogP contribution is -2.31. The Morgan fingerprint density at radius 1 is 1.40 bits per heavy atom. The largest absolute Gasteiger partial charge is 0.395 e. The normalized spacial score (nSPS) is 12.7. The third-order valence-electron chi connectivity index (χ3n) is 2.55. The number of nitrogens with one attached hydrogen (secondary N) is 1. The molecular formula is C12H20N2O. The van der Waals surface area contributed by atoms with Crippen molar-refractivity contribution in [2.75, 3.05) is 19.7 Å². The van der Waals surface area contributed by atoms with Crippen molar-refractivity contribution in [3.63, 3.8) is 0 Å². The highest BCUT2D eigenvalue weighted by Gasteiger charge is 2.11. The molecule has 0 fully saturated rings. The molecule has 0 saturated carbocycles. The highest BCUT2D eigenvalue weighted by atomic mass is 16.3. The van der Waals surface area contributed by atoms with Crippen LogP contribution in [0.2, 0.25) is 0 Å². The molecule has 0 aromatic heterocycles. The summed E-state index contributed by atoms with van der Waals surface area (Å²) in [7, 11) is 0. The number of aliphatic hydroxyl groups is 1. The lowest BCUT2D eigenvalue weighted by atomic mass is 9.98. The molecule has 0 amide bonds. The van der Waals surface area contributed by atoms with Crippen LogP contribution in [0.3, 0.4) is 0 Å². The van der Waals surface area contributed by atoms with Gasteiger partial charge >= 0.3 is 0 Å². The van der Waals surface area contributed by atoms with Gasteiger partial charge in [0.25, 0.3) is 0 Å². The minimum Gasteiger partial charge on any atom is -0.395 e. The van der Waals surface area contributed by atoms with Crippen molar-refractivity contribution in [3.8, 4) is 0 Å². The van der Waals surface area contributed by atoms with Gasteiger partial charge in [-0.1, -0.05) is 31.2 Å². The minimum absolute atomic E-state index is 0.144. The Balaban J connectivity index is 2.80. The molecule has 84 valence electrons. The summed E-state index contributed by atoms with van der Waals surface area (Å²) in [5.41, 5.74) is 8.29. The first kappa shape index (κ1) is 12.2. The fraction of sp³-hybridized carbons (Fsp3) is 0.500. The van der Waals surface area contributed by atoms with Crippen LogP contribution in [0.4, 0.5) is 0 Å². The van der Waals surface area contributed by atoms with E-state index in [1.165, 1.54) is 11.1 Å². The number of benzene rings is 1. The van der Waals surface area contributed by atoms with Crippen molar-refractivity contribution in [1.82, 2.24) is 5.32 Å². The van der Waals surface area contributed by atoms with E-state index in [2.05, 4.69) is 24.4 Å². The van der Waals surface area contributed by atoms with Gasteiger partial charge in [0.2, 0.25) is 0 Å². The van der Waals surface area contributed by atoms with E-state index < -0.39 is 0 Å². The molecule has 0 bridgehead atoms. The van der Waals surface area contributed by atoms with Crippen LogP contribution in [0, 0.1) is 0 Å². The van der Waals surface area contributed by atoms with Crippen molar-refractivity contribution in [1.29, 1.82) is 0 Å². The quantitative estimate of drug-likeness (QED) is 0.649. The third kappa shape index (κ3) is 3.30. The summed E-state index contributed by atoms with van der Waals surface area (Å²) in [6.07, 6.45) is 1.01. The molecule has 1 rings (SSSR count). The first-order valence-corrected chi connectivity index (χ1v) is 5.45. The summed E-state index contributed by atoms with van der Waals surface area (Å²) in [5.74, 6) is 0. The van der Waals surface area contributed by atoms with Crippen LogP contribution in [0.15, 0.2) is 24.3 Å². The number of nitrogens with two attached hydrogens (primary N) is 1. The molecule has 0 heterocycles. The molecule has 1 atom stereocenters. The second kappa shape index (κ2) is 6.56. The number of aryl methyl sites for hydroxylation is 1. The van der Waals surface area contributed by atoms with E-state index in [1.54, 1.807) is 0 Å². The second-order valence-electron chi connectivity index (χ2n) is 3.52. The van der Waals surface area contributed by atoms with Gasteiger partial charge in [-0.25, -0.2) is 0 Å². The van der Waals surface area contributed by atoms with Gasteiger partial charge in [0.15, 0.2) is 0 Å². The minimum atomic E-state index is 0.144. The van der Waals surface area contributed by atoms with Crippen molar-refractivity contribution in [3.05, 3.63) is 35.4 Å². The van der Waals surface area contributed by atoms with Crippen LogP contribution >= 0.6 is 0 Å². The van der Waals surface area contributed by atoms with E-state index in [0.29, 0.717) is 13.1 Å². The Bertz CT molecular complexity index is 289. The molecule has 0 aliphatic rings. The Morgan fingerprint density at radius 2 is 2.13 bits per heavy atom. The zero-order valence-electron chi connectivity index (χ0n) is 9.24. The van der Waals surface area contributed by atoms with Crippen LogP contribution in [-0.2, 0) is 6.42 Å². The maximum atomic E-state index is 8.78. The van der Waals surface area contributed by atoms with E-state index >= 15 is 0 Å². The van der Waals surface area contributed by atoms with E-state index in [1.807, 2.05) is 12.1 Å². The van der Waals surface area contributed by atoms with Gasteiger partial charge in [0.05, 0.1) is 6.61 Å². The molecule has 0 aliphatic heterocycles. The summed E-state index contributed by atoms with van der Waals surface area (Å²) >= 11 is 0. The SMILES string of the molecule is CCc1ccccc1C(CN)NCCO. The van der Waals surface area contributed by atoms with E-state index in [-0.39, 0.29) is 12.6 Å². The van der Waals surface area contributed by atoms with Crippen molar-refractivity contribution < 1.29 is 5.11 Å². The summed E-state index contributed by atoms with van der Waals surface area (Å²) < 4.78 is 0. The second-order valence-corrected chi connectivity index (χ2v) is 3.52. The Kier molecular flexibility index (Phi) is 5.32. The molecule has 0 spiro atoms. The summed E-state index contributed by atoms with van der Waals surface area (Å²) in [4.78, 5) is 0. The molecule has 0 radical (unpaired) electrons. The maximum absolute atomic E-state index is 8.78. The van der Waals surface area contributed by atoms with E-state index in [0.717, 1.165) is 6.42 Å². The predicted octanol–water partition coefficient (Wildman–Crippen LogP) is 0.831. The average molecular weight is 208 g/mol. The smallest absolute Gasteiger partial charge is 0.0556 e. The first-order valence-electron chi connectivity index (χ1n) is 5.45. The van der Waals surface area contributed by atoms with Crippen molar-refractivity contribution in [2.45, 2.75) is 19.4 Å². The fourth-order valence-corrected chi connectivity index (χ4v) is 1.76. The Hall–Kier alpha value is -0.900. The van der Waals surface area contributed by atoms with Gasteiger partial charge in [-0.2, -0.15) is 0 Å². The average Bonchev–Trinajstić information content (AvgIpc) is 2.30. The van der Waals surface area contributed by atoms with Crippen LogP contribution in [-0.4, -0.2) is 24.8 Å². The topological polar surface area (TPSA) is 58.3 Å². The molecule has 1 aromatic rings. The van der Waals surface area contributed by atoms with Crippen molar-refractivity contribution >= 4 is 0 Å². The zero-order valence-corrected chi connectivity index (χ0v) is 9.24. The van der Waals surface area contributed by atoms with E-state index in [9.17, 15) is 0 Å². The van der Waals surface area contributed by atoms with Gasteiger partial charge < -0.3 is 16.2 Å². The molecule has 1 unspecified atom stereocenters. The summed E-state index contributed by atoms with van der Waals surface area (Å²) in [6, 6.07) is 8.44. The standard InChI is InChI=1S/C12H20N2O/c1-2-10-5-3-4-6-11(10)12(9-13)14-7-8-15/h3-6,12,14-15H,2,7-9,13H2,1H3. The molecule has 3 heteroatoms. The van der Waals surface area contributed by atoms with Gasteiger partial charge in [-0.3, -0.25) is 0 Å². The molecule has 15 heavy (non-hydrogen) atoms. The Morgan fingerprint density at radius 3 is 2.73 bits per heavy atom. The Labute approximate surface area is 91.3 Å². The number of hydrogen-bond acceptors (Lipinski definition) is 3. The predicted molar refractivity (Wildman–Crippen MR) is 62.7 cm³/mol. The van der Waals surface area contributed by atoms with Gasteiger partial charge in [-0.05, 0) is 17.5 Å². The monoisotopic (exact) mass is 208 g/mol. The molecule has 0 saturated heterocycles. The number of aliphatic hydroxyl groups excluding tert-OH is 1. The third-order valence-corrected chi connectivity index (χ3v) is 2.55. The van der Waals surface area contributed by atoms with Crippen LogP contribution in [0.1, 0.15) is 24.1 Å². The summed E-state index contributed by atoms with van der Waals surface area (Å²) in [6.45, 7) is 3.42. The molecule has 1 aromatic carbocycles. The first-order chi connectivity index (χ1) is 7.33. The molecular weight excluding hydrogens is 188 g/mol. The highest BCUT2D eigenvalue weighted by Crippen LogP contribution is 2.17. The fourth-order valence-electron chi connectivity index (χ4n) is 1.76. The molecule has 0 aliphatic carbocycles. The maximum Gasteiger partial charge on any atom is 0.0556 e. The zero-order chi connectivity index (χ0) is 11.1. The highest BCUT2D eigenvalue weighted by molar-refractivity contribution is 5.30. The van der Waals surface area contributed by atoms with E-state index in [4.69, 9.17) is 10.8 Å².